The van der Waals surface area contributed by atoms with Crippen molar-refractivity contribution < 1.29 is 17.6 Å². The second-order valence-electron chi connectivity index (χ2n) is 6.79. The number of hydrogen-bond acceptors (Lipinski definition) is 6. The molecular weight excluding hydrogens is 395 g/mol. The van der Waals surface area contributed by atoms with E-state index < -0.39 is 15.7 Å². The lowest BCUT2D eigenvalue weighted by Gasteiger charge is -2.35. The second-order valence-corrected chi connectivity index (χ2v) is 8.66. The maximum absolute atomic E-state index is 13.3. The Bertz CT molecular complexity index is 1170. The Hall–Kier alpha value is -3.07. The number of amides is 1. The molecule has 3 aromatic rings. The van der Waals surface area contributed by atoms with Crippen LogP contribution in [0.1, 0.15) is 6.92 Å². The number of carbonyl (C=O) groups excluding carboxylic acids is 1. The van der Waals surface area contributed by atoms with Gasteiger partial charge in [-0.2, -0.15) is 0 Å². The number of carbonyl (C=O) groups is 1. The number of halogens is 1. The predicted octanol–water partition coefficient (Wildman–Crippen LogP) is 2.27. The van der Waals surface area contributed by atoms with Gasteiger partial charge in [0.2, 0.25) is 20.8 Å². The minimum atomic E-state index is -4.02. The van der Waals surface area contributed by atoms with Gasteiger partial charge in [0, 0.05) is 33.1 Å². The van der Waals surface area contributed by atoms with Crippen LogP contribution in [0.3, 0.4) is 0 Å². The number of piperazine rings is 1. The Morgan fingerprint density at radius 3 is 2.10 bits per heavy atom. The highest BCUT2D eigenvalue weighted by molar-refractivity contribution is 7.91. The second kappa shape index (κ2) is 7.40. The molecule has 4 rings (SSSR count). The number of aromatic nitrogens is 2. The third kappa shape index (κ3) is 3.65. The quantitative estimate of drug-likeness (QED) is 0.612. The van der Waals surface area contributed by atoms with Gasteiger partial charge in [-0.05, 0) is 36.4 Å². The van der Waals surface area contributed by atoms with Crippen molar-refractivity contribution in [1.29, 1.82) is 0 Å². The van der Waals surface area contributed by atoms with Crippen LogP contribution in [-0.4, -0.2) is 55.4 Å². The van der Waals surface area contributed by atoms with Crippen LogP contribution in [0.4, 0.5) is 10.2 Å². The molecule has 0 saturated carbocycles. The van der Waals surface area contributed by atoms with Gasteiger partial charge in [0.15, 0.2) is 5.82 Å². The zero-order chi connectivity index (χ0) is 20.6. The first kappa shape index (κ1) is 19.3. The molecule has 0 spiro atoms. The van der Waals surface area contributed by atoms with E-state index in [9.17, 15) is 17.6 Å². The molecule has 0 unspecified atom stereocenters. The number of rotatable bonds is 3. The van der Waals surface area contributed by atoms with E-state index in [1.807, 2.05) is 11.0 Å². The van der Waals surface area contributed by atoms with E-state index in [1.54, 1.807) is 23.1 Å². The van der Waals surface area contributed by atoms with Crippen LogP contribution >= 0.6 is 0 Å². The number of nitrogens with zero attached hydrogens (tertiary/aromatic N) is 4. The maximum atomic E-state index is 13.3. The fourth-order valence-corrected chi connectivity index (χ4v) is 4.67. The molecule has 0 radical (unpaired) electrons. The number of benzene rings is 2. The zero-order valence-corrected chi connectivity index (χ0v) is 16.6. The molecule has 29 heavy (non-hydrogen) atoms. The third-order valence-electron chi connectivity index (χ3n) is 4.92. The molecule has 0 aliphatic carbocycles. The smallest absolute Gasteiger partial charge is 0.227 e. The fraction of sp³-hybridized carbons (Fsp3) is 0.250. The van der Waals surface area contributed by atoms with Crippen LogP contribution in [0.5, 0.6) is 0 Å². The molecule has 0 N–H and O–H groups in total. The zero-order valence-electron chi connectivity index (χ0n) is 15.7. The summed E-state index contributed by atoms with van der Waals surface area (Å²) in [6.07, 6.45) is 0. The molecule has 1 aromatic heterocycles. The van der Waals surface area contributed by atoms with Crippen molar-refractivity contribution in [2.75, 3.05) is 31.1 Å². The Labute approximate surface area is 167 Å². The van der Waals surface area contributed by atoms with E-state index in [4.69, 9.17) is 0 Å². The van der Waals surface area contributed by atoms with Gasteiger partial charge < -0.3 is 9.80 Å². The number of hydrogen-bond donors (Lipinski definition) is 0. The number of para-hydroxylation sites is 2. The topological polar surface area (TPSA) is 83.5 Å². The molecule has 150 valence electrons. The minimum Gasteiger partial charge on any atom is -0.351 e. The molecule has 1 aliphatic rings. The van der Waals surface area contributed by atoms with E-state index in [-0.39, 0.29) is 21.6 Å². The van der Waals surface area contributed by atoms with Crippen molar-refractivity contribution in [3.05, 3.63) is 54.3 Å². The van der Waals surface area contributed by atoms with Gasteiger partial charge in [-0.3, -0.25) is 4.79 Å². The van der Waals surface area contributed by atoms with Crippen LogP contribution < -0.4 is 4.90 Å². The van der Waals surface area contributed by atoms with Gasteiger partial charge in [0.25, 0.3) is 0 Å². The molecular formula is C20H19FN4O3S. The Balaban J connectivity index is 1.83. The summed E-state index contributed by atoms with van der Waals surface area (Å²) in [5.74, 6) is -0.293. The van der Waals surface area contributed by atoms with E-state index >= 15 is 0 Å². The largest absolute Gasteiger partial charge is 0.351 e. The Morgan fingerprint density at radius 2 is 1.52 bits per heavy atom. The van der Waals surface area contributed by atoms with Crippen LogP contribution in [0.25, 0.3) is 11.0 Å². The molecule has 0 bridgehead atoms. The highest BCUT2D eigenvalue weighted by Gasteiger charge is 2.30. The lowest BCUT2D eigenvalue weighted by Crippen LogP contribution is -2.48. The van der Waals surface area contributed by atoms with Crippen LogP contribution in [0, 0.1) is 5.82 Å². The summed E-state index contributed by atoms with van der Waals surface area (Å²) in [6, 6.07) is 11.7. The maximum Gasteiger partial charge on any atom is 0.227 e. The predicted molar refractivity (Wildman–Crippen MR) is 106 cm³/mol. The SMILES string of the molecule is CC(=O)N1CCN(c2nc3ccccc3nc2S(=O)(=O)c2ccc(F)cc2)CC1. The highest BCUT2D eigenvalue weighted by Crippen LogP contribution is 2.30. The van der Waals surface area contributed by atoms with Gasteiger partial charge >= 0.3 is 0 Å². The van der Waals surface area contributed by atoms with Gasteiger partial charge in [0.05, 0.1) is 15.9 Å². The van der Waals surface area contributed by atoms with Crippen LogP contribution in [0.15, 0.2) is 58.5 Å². The van der Waals surface area contributed by atoms with Crippen molar-refractivity contribution in [1.82, 2.24) is 14.9 Å². The van der Waals surface area contributed by atoms with Crippen molar-refractivity contribution in [3.8, 4) is 0 Å². The van der Waals surface area contributed by atoms with E-state index in [1.165, 1.54) is 19.1 Å². The van der Waals surface area contributed by atoms with E-state index in [0.29, 0.717) is 37.2 Å². The summed E-state index contributed by atoms with van der Waals surface area (Å²) in [6.45, 7) is 3.34. The van der Waals surface area contributed by atoms with Gasteiger partial charge in [0.1, 0.15) is 5.82 Å². The van der Waals surface area contributed by atoms with Crippen molar-refractivity contribution in [2.45, 2.75) is 16.8 Å². The molecule has 9 heteroatoms. The molecule has 1 aliphatic heterocycles. The summed E-state index contributed by atoms with van der Waals surface area (Å²) in [5.41, 5.74) is 1.04. The van der Waals surface area contributed by atoms with Gasteiger partial charge in [-0.25, -0.2) is 22.8 Å². The number of sulfone groups is 1. The average Bonchev–Trinajstić information content (AvgIpc) is 2.73. The van der Waals surface area contributed by atoms with E-state index in [0.717, 1.165) is 12.1 Å². The minimum absolute atomic E-state index is 0.0200. The number of anilines is 1. The number of fused-ring (bicyclic) bond motifs is 1. The molecule has 1 amide bonds. The van der Waals surface area contributed by atoms with Crippen molar-refractivity contribution in [3.63, 3.8) is 0 Å². The first-order valence-electron chi connectivity index (χ1n) is 9.14. The van der Waals surface area contributed by atoms with Gasteiger partial charge in [-0.1, -0.05) is 12.1 Å². The average molecular weight is 414 g/mol. The highest BCUT2D eigenvalue weighted by atomic mass is 32.2. The van der Waals surface area contributed by atoms with Crippen LogP contribution in [-0.2, 0) is 14.6 Å². The normalized spacial score (nSPS) is 15.0. The Morgan fingerprint density at radius 1 is 0.931 bits per heavy atom. The van der Waals surface area contributed by atoms with Crippen molar-refractivity contribution in [2.24, 2.45) is 0 Å². The molecule has 2 aromatic carbocycles. The summed E-state index contributed by atoms with van der Waals surface area (Å²) in [7, 11) is -4.02. The van der Waals surface area contributed by atoms with E-state index in [2.05, 4.69) is 9.97 Å². The molecule has 2 heterocycles. The lowest BCUT2D eigenvalue weighted by molar-refractivity contribution is -0.129. The molecule has 7 nitrogen and oxygen atoms in total. The lowest BCUT2D eigenvalue weighted by atomic mass is 10.3. The van der Waals surface area contributed by atoms with Gasteiger partial charge in [-0.15, -0.1) is 0 Å². The molecule has 0 atom stereocenters. The summed E-state index contributed by atoms with van der Waals surface area (Å²) in [5, 5.41) is -0.168. The van der Waals surface area contributed by atoms with Crippen LogP contribution in [0.2, 0.25) is 0 Å². The first-order valence-corrected chi connectivity index (χ1v) is 10.6. The monoisotopic (exact) mass is 414 g/mol. The fourth-order valence-electron chi connectivity index (χ4n) is 3.32. The van der Waals surface area contributed by atoms with Crippen molar-refractivity contribution >= 4 is 32.6 Å². The third-order valence-corrected chi connectivity index (χ3v) is 6.60. The summed E-state index contributed by atoms with van der Waals surface area (Å²) < 4.78 is 39.9. The molecule has 1 fully saturated rings. The summed E-state index contributed by atoms with van der Waals surface area (Å²) in [4.78, 5) is 24.1. The molecule has 1 saturated heterocycles. The Kier molecular flexibility index (Phi) is 4.91. The first-order chi connectivity index (χ1) is 13.9. The summed E-state index contributed by atoms with van der Waals surface area (Å²) >= 11 is 0. The standard InChI is InChI=1S/C20H19FN4O3S/c1-14(26)24-10-12-25(13-11-24)19-20(23-18-5-3-2-4-17(18)22-19)29(27,28)16-8-6-15(21)7-9-16/h2-9H,10-13H2,1H3.